The van der Waals surface area contributed by atoms with Crippen LogP contribution in [0.4, 0.5) is 11.4 Å². The molecule has 0 aromatic heterocycles. The number of hydrogen-bond donors (Lipinski definition) is 1. The van der Waals surface area contributed by atoms with Gasteiger partial charge in [0, 0.05) is 34.4 Å². The number of hydrogen-bond acceptors (Lipinski definition) is 5. The normalized spacial score (nSPS) is 18.6. The third kappa shape index (κ3) is 4.10. The van der Waals surface area contributed by atoms with Crippen LogP contribution in [-0.4, -0.2) is 36.1 Å². The second-order valence-corrected chi connectivity index (χ2v) is 9.59. The highest BCUT2D eigenvalue weighted by atomic mass is 35.5. The summed E-state index contributed by atoms with van der Waals surface area (Å²) in [5, 5.41) is 3.17. The SMILES string of the molecule is CCN1c2cc(OC)c(/C=C3/C(=O)NC(=S)N(c4ccc(Cl)cc4)C3=O)cc2C(C)=CC1(C)C. The zero-order valence-corrected chi connectivity index (χ0v) is 21.3. The van der Waals surface area contributed by atoms with Gasteiger partial charge in [-0.3, -0.25) is 19.8 Å². The molecule has 2 amide bonds. The second-order valence-electron chi connectivity index (χ2n) is 8.77. The molecule has 2 heterocycles. The third-order valence-electron chi connectivity index (χ3n) is 6.13. The number of anilines is 2. The Balaban J connectivity index is 1.82. The van der Waals surface area contributed by atoms with Gasteiger partial charge in [0.1, 0.15) is 11.3 Å². The Morgan fingerprint density at radius 3 is 2.47 bits per heavy atom. The zero-order chi connectivity index (χ0) is 24.8. The average Bonchev–Trinajstić information content (AvgIpc) is 2.77. The van der Waals surface area contributed by atoms with E-state index in [-0.39, 0.29) is 16.2 Å². The van der Waals surface area contributed by atoms with Crippen molar-refractivity contribution >= 4 is 63.8 Å². The molecule has 2 aliphatic rings. The van der Waals surface area contributed by atoms with E-state index in [4.69, 9.17) is 28.6 Å². The minimum absolute atomic E-state index is 0.0199. The number of allylic oxidation sites excluding steroid dienone is 1. The number of nitrogens with one attached hydrogen (secondary N) is 1. The molecule has 8 heteroatoms. The summed E-state index contributed by atoms with van der Waals surface area (Å²) in [4.78, 5) is 29.8. The van der Waals surface area contributed by atoms with E-state index in [1.807, 2.05) is 12.1 Å². The number of benzene rings is 2. The Hall–Kier alpha value is -3.16. The number of nitrogens with zero attached hydrogens (tertiary/aromatic N) is 2. The number of carbonyl (C=O) groups excluding carboxylic acids is 2. The molecule has 1 N–H and O–H groups in total. The Bertz CT molecular complexity index is 1260. The van der Waals surface area contributed by atoms with E-state index in [1.165, 1.54) is 4.90 Å². The van der Waals surface area contributed by atoms with Gasteiger partial charge in [-0.25, -0.2) is 0 Å². The van der Waals surface area contributed by atoms with Crippen molar-refractivity contribution in [1.29, 1.82) is 0 Å². The van der Waals surface area contributed by atoms with E-state index in [2.05, 4.69) is 44.0 Å². The van der Waals surface area contributed by atoms with E-state index >= 15 is 0 Å². The fraction of sp³-hybridized carbons (Fsp3) is 0.269. The fourth-order valence-electron chi connectivity index (χ4n) is 4.63. The van der Waals surface area contributed by atoms with Gasteiger partial charge in [-0.05, 0) is 81.9 Å². The van der Waals surface area contributed by atoms with Crippen LogP contribution in [0.15, 0.2) is 48.0 Å². The van der Waals surface area contributed by atoms with Crippen LogP contribution in [0.25, 0.3) is 11.6 Å². The van der Waals surface area contributed by atoms with Gasteiger partial charge in [0.25, 0.3) is 11.8 Å². The number of amides is 2. The number of fused-ring (bicyclic) bond motifs is 1. The van der Waals surface area contributed by atoms with Gasteiger partial charge in [-0.15, -0.1) is 0 Å². The van der Waals surface area contributed by atoms with Crippen molar-refractivity contribution < 1.29 is 14.3 Å². The minimum Gasteiger partial charge on any atom is -0.496 e. The summed E-state index contributed by atoms with van der Waals surface area (Å²) >= 11 is 11.3. The highest BCUT2D eigenvalue weighted by molar-refractivity contribution is 7.80. The number of rotatable bonds is 4. The van der Waals surface area contributed by atoms with Gasteiger partial charge >= 0.3 is 0 Å². The third-order valence-corrected chi connectivity index (χ3v) is 6.67. The highest BCUT2D eigenvalue weighted by Gasteiger charge is 2.35. The molecular weight excluding hydrogens is 470 g/mol. The topological polar surface area (TPSA) is 61.9 Å². The Morgan fingerprint density at radius 2 is 1.85 bits per heavy atom. The quantitative estimate of drug-likeness (QED) is 0.359. The molecule has 0 saturated carbocycles. The van der Waals surface area contributed by atoms with E-state index in [0.717, 1.165) is 23.4 Å². The summed E-state index contributed by atoms with van der Waals surface area (Å²) in [5.74, 6) is -0.495. The monoisotopic (exact) mass is 495 g/mol. The molecule has 0 aliphatic carbocycles. The van der Waals surface area contributed by atoms with Gasteiger partial charge in [0.15, 0.2) is 5.11 Å². The van der Waals surface area contributed by atoms with Crippen LogP contribution < -0.4 is 19.9 Å². The van der Waals surface area contributed by atoms with Gasteiger partial charge in [0.05, 0.1) is 18.3 Å². The predicted molar refractivity (Wildman–Crippen MR) is 141 cm³/mol. The number of methoxy groups -OCH3 is 1. The van der Waals surface area contributed by atoms with Crippen molar-refractivity contribution in [3.63, 3.8) is 0 Å². The number of ether oxygens (including phenoxy) is 1. The molecule has 6 nitrogen and oxygen atoms in total. The predicted octanol–water partition coefficient (Wildman–Crippen LogP) is 5.20. The number of halogens is 1. The zero-order valence-electron chi connectivity index (χ0n) is 19.7. The van der Waals surface area contributed by atoms with Crippen molar-refractivity contribution in [2.75, 3.05) is 23.5 Å². The van der Waals surface area contributed by atoms with Crippen LogP contribution in [0.3, 0.4) is 0 Å². The first-order chi connectivity index (χ1) is 16.1. The molecule has 176 valence electrons. The lowest BCUT2D eigenvalue weighted by Crippen LogP contribution is -2.54. The largest absolute Gasteiger partial charge is 0.496 e. The standard InChI is InChI=1S/C26H26ClN3O3S/c1-6-29-21-13-22(33-5)16(11-19(21)15(2)14-26(29,3)4)12-20-23(31)28-25(34)30(24(20)32)18-9-7-17(27)8-10-18/h7-14H,6H2,1-5H3,(H,28,31,34)/b20-12-. The second kappa shape index (κ2) is 8.89. The number of thiocarbonyl (C=S) groups is 1. The summed E-state index contributed by atoms with van der Waals surface area (Å²) in [5.41, 5.74) is 4.17. The molecule has 2 aliphatic heterocycles. The average molecular weight is 496 g/mol. The summed E-state index contributed by atoms with van der Waals surface area (Å²) in [6.45, 7) is 9.34. The molecule has 1 fully saturated rings. The maximum atomic E-state index is 13.4. The smallest absolute Gasteiger partial charge is 0.270 e. The van der Waals surface area contributed by atoms with E-state index in [1.54, 1.807) is 37.5 Å². The summed E-state index contributed by atoms with van der Waals surface area (Å²) in [6, 6.07) is 10.6. The molecule has 1 saturated heterocycles. The van der Waals surface area contributed by atoms with E-state index < -0.39 is 11.8 Å². The lowest BCUT2D eigenvalue weighted by atomic mass is 9.87. The summed E-state index contributed by atoms with van der Waals surface area (Å²) in [7, 11) is 1.58. The van der Waals surface area contributed by atoms with Crippen molar-refractivity contribution in [1.82, 2.24) is 5.32 Å². The minimum atomic E-state index is -0.552. The maximum Gasteiger partial charge on any atom is 0.270 e. The van der Waals surface area contributed by atoms with Crippen molar-refractivity contribution in [3.05, 3.63) is 64.2 Å². The molecule has 0 spiro atoms. The van der Waals surface area contributed by atoms with Crippen molar-refractivity contribution in [2.45, 2.75) is 33.2 Å². The Kier molecular flexibility index (Phi) is 6.27. The Morgan fingerprint density at radius 1 is 1.18 bits per heavy atom. The van der Waals surface area contributed by atoms with Gasteiger partial charge in [0.2, 0.25) is 0 Å². The molecule has 0 bridgehead atoms. The molecule has 0 atom stereocenters. The van der Waals surface area contributed by atoms with Gasteiger partial charge in [-0.2, -0.15) is 0 Å². The van der Waals surface area contributed by atoms with Crippen molar-refractivity contribution in [2.24, 2.45) is 0 Å². The fourth-order valence-corrected chi connectivity index (χ4v) is 5.03. The maximum absolute atomic E-state index is 13.4. The first kappa shape index (κ1) is 24.0. The molecule has 0 unspecified atom stereocenters. The first-order valence-electron chi connectivity index (χ1n) is 10.9. The summed E-state index contributed by atoms with van der Waals surface area (Å²) in [6.07, 6.45) is 3.78. The van der Waals surface area contributed by atoms with E-state index in [9.17, 15) is 9.59 Å². The van der Waals surface area contributed by atoms with E-state index in [0.29, 0.717) is 22.0 Å². The molecule has 2 aromatic carbocycles. The Labute approximate surface area is 209 Å². The number of carbonyl (C=O) groups is 2. The van der Waals surface area contributed by atoms with Crippen molar-refractivity contribution in [3.8, 4) is 5.75 Å². The number of likely N-dealkylation sites (N-methyl/N-ethyl adjacent to an activating group) is 1. The van der Waals surface area contributed by atoms with Crippen LogP contribution in [-0.2, 0) is 9.59 Å². The van der Waals surface area contributed by atoms with Gasteiger partial charge < -0.3 is 9.64 Å². The molecule has 2 aromatic rings. The van der Waals surface area contributed by atoms with Crippen LogP contribution in [0.5, 0.6) is 5.75 Å². The van der Waals surface area contributed by atoms with Crippen LogP contribution in [0.2, 0.25) is 5.02 Å². The lowest BCUT2D eigenvalue weighted by molar-refractivity contribution is -0.122. The molecule has 4 rings (SSSR count). The van der Waals surface area contributed by atoms with Crippen LogP contribution >= 0.6 is 23.8 Å². The lowest BCUT2D eigenvalue weighted by Gasteiger charge is -2.43. The first-order valence-corrected chi connectivity index (χ1v) is 11.7. The molecule has 34 heavy (non-hydrogen) atoms. The molecule has 0 radical (unpaired) electrons. The summed E-state index contributed by atoms with van der Waals surface area (Å²) < 4.78 is 5.68. The van der Waals surface area contributed by atoms with Crippen LogP contribution in [0, 0.1) is 0 Å². The highest BCUT2D eigenvalue weighted by Crippen LogP contribution is 2.42. The van der Waals surface area contributed by atoms with Crippen LogP contribution in [0.1, 0.15) is 38.8 Å². The van der Waals surface area contributed by atoms with Gasteiger partial charge in [-0.1, -0.05) is 17.7 Å². The molecular formula is C26H26ClN3O3S.